The van der Waals surface area contributed by atoms with Crippen LogP contribution < -0.4 is 0 Å². The second-order valence-electron chi connectivity index (χ2n) is 3.96. The van der Waals surface area contributed by atoms with Crippen LogP contribution >= 0.6 is 11.3 Å². The van der Waals surface area contributed by atoms with E-state index >= 15 is 0 Å². The summed E-state index contributed by atoms with van der Waals surface area (Å²) in [6.45, 7) is 2.59. The number of hydrogen-bond donors (Lipinski definition) is 1. The van der Waals surface area contributed by atoms with E-state index in [1.807, 2.05) is 11.4 Å². The normalized spacial score (nSPS) is 21.4. The van der Waals surface area contributed by atoms with Gasteiger partial charge in [0.25, 0.3) is 0 Å². The SMILES string of the molecule is COC1CCN(Cc2ccsc2C(=O)O)C1. The van der Waals surface area contributed by atoms with Gasteiger partial charge < -0.3 is 9.84 Å². The minimum atomic E-state index is -0.826. The number of methoxy groups -OCH3 is 1. The molecule has 0 radical (unpaired) electrons. The molecule has 1 saturated heterocycles. The summed E-state index contributed by atoms with van der Waals surface area (Å²) < 4.78 is 5.28. The lowest BCUT2D eigenvalue weighted by Gasteiger charge is -2.15. The molecule has 1 aliphatic heterocycles. The summed E-state index contributed by atoms with van der Waals surface area (Å²) in [4.78, 5) is 13.6. The average molecular weight is 241 g/mol. The Morgan fingerprint density at radius 2 is 2.56 bits per heavy atom. The van der Waals surface area contributed by atoms with Crippen LogP contribution in [0.1, 0.15) is 21.7 Å². The van der Waals surface area contributed by atoms with Crippen molar-refractivity contribution in [3.8, 4) is 0 Å². The van der Waals surface area contributed by atoms with Gasteiger partial charge in [0.2, 0.25) is 0 Å². The zero-order valence-corrected chi connectivity index (χ0v) is 10.00. The maximum absolute atomic E-state index is 10.9. The van der Waals surface area contributed by atoms with Crippen LogP contribution in [0, 0.1) is 0 Å². The van der Waals surface area contributed by atoms with Crippen LogP contribution in [-0.2, 0) is 11.3 Å². The third kappa shape index (κ3) is 2.42. The number of rotatable bonds is 4. The molecule has 1 fully saturated rings. The molecule has 2 heterocycles. The molecule has 1 atom stereocenters. The zero-order chi connectivity index (χ0) is 11.5. The summed E-state index contributed by atoms with van der Waals surface area (Å²) in [5, 5.41) is 10.8. The van der Waals surface area contributed by atoms with Gasteiger partial charge in [-0.15, -0.1) is 11.3 Å². The van der Waals surface area contributed by atoms with Crippen molar-refractivity contribution in [1.82, 2.24) is 4.90 Å². The molecule has 1 N–H and O–H groups in total. The number of carboxylic acids is 1. The first-order chi connectivity index (χ1) is 7.70. The van der Waals surface area contributed by atoms with E-state index in [2.05, 4.69) is 4.90 Å². The van der Waals surface area contributed by atoms with Crippen LogP contribution in [0.3, 0.4) is 0 Å². The second-order valence-corrected chi connectivity index (χ2v) is 4.88. The molecule has 1 aromatic heterocycles. The first-order valence-corrected chi connectivity index (χ1v) is 6.13. The van der Waals surface area contributed by atoms with Crippen LogP contribution in [0.2, 0.25) is 0 Å². The van der Waals surface area contributed by atoms with Crippen molar-refractivity contribution in [2.24, 2.45) is 0 Å². The molecular weight excluding hydrogens is 226 g/mol. The van der Waals surface area contributed by atoms with Crippen molar-refractivity contribution in [1.29, 1.82) is 0 Å². The van der Waals surface area contributed by atoms with E-state index in [4.69, 9.17) is 9.84 Å². The molecule has 4 nitrogen and oxygen atoms in total. The van der Waals surface area contributed by atoms with Crippen molar-refractivity contribution >= 4 is 17.3 Å². The smallest absolute Gasteiger partial charge is 0.346 e. The lowest BCUT2D eigenvalue weighted by Crippen LogP contribution is -2.22. The number of carboxylic acid groups (broad SMARTS) is 1. The summed E-state index contributed by atoms with van der Waals surface area (Å²) in [5.74, 6) is -0.826. The van der Waals surface area contributed by atoms with Gasteiger partial charge in [0.1, 0.15) is 4.88 Å². The molecule has 16 heavy (non-hydrogen) atoms. The van der Waals surface area contributed by atoms with Gasteiger partial charge in [0.05, 0.1) is 6.10 Å². The molecule has 2 rings (SSSR count). The molecule has 0 amide bonds. The maximum atomic E-state index is 10.9. The summed E-state index contributed by atoms with van der Waals surface area (Å²) in [5.41, 5.74) is 0.911. The molecule has 1 aliphatic rings. The lowest BCUT2D eigenvalue weighted by molar-refractivity contribution is 0.0700. The molecule has 1 unspecified atom stereocenters. The van der Waals surface area contributed by atoms with Crippen molar-refractivity contribution in [2.75, 3.05) is 20.2 Å². The average Bonchev–Trinajstić information content (AvgIpc) is 2.87. The fourth-order valence-electron chi connectivity index (χ4n) is 2.02. The van der Waals surface area contributed by atoms with Crippen molar-refractivity contribution < 1.29 is 14.6 Å². The topological polar surface area (TPSA) is 49.8 Å². The highest BCUT2D eigenvalue weighted by Gasteiger charge is 2.23. The van der Waals surface area contributed by atoms with E-state index in [1.165, 1.54) is 11.3 Å². The molecule has 0 bridgehead atoms. The number of likely N-dealkylation sites (tertiary alicyclic amines) is 1. The van der Waals surface area contributed by atoms with E-state index in [0.717, 1.165) is 25.1 Å². The number of carbonyl (C=O) groups is 1. The van der Waals surface area contributed by atoms with E-state index in [0.29, 0.717) is 17.5 Å². The summed E-state index contributed by atoms with van der Waals surface area (Å²) in [7, 11) is 1.72. The highest BCUT2D eigenvalue weighted by molar-refractivity contribution is 7.12. The maximum Gasteiger partial charge on any atom is 0.346 e. The quantitative estimate of drug-likeness (QED) is 0.871. The van der Waals surface area contributed by atoms with Crippen molar-refractivity contribution in [2.45, 2.75) is 19.1 Å². The Labute approximate surface area is 98.4 Å². The van der Waals surface area contributed by atoms with E-state index in [1.54, 1.807) is 7.11 Å². The van der Waals surface area contributed by atoms with E-state index in [-0.39, 0.29) is 0 Å². The largest absolute Gasteiger partial charge is 0.477 e. The van der Waals surface area contributed by atoms with E-state index in [9.17, 15) is 4.79 Å². The second kappa shape index (κ2) is 4.95. The Bertz CT molecular complexity index is 377. The van der Waals surface area contributed by atoms with E-state index < -0.39 is 5.97 Å². The fourth-order valence-corrected chi connectivity index (χ4v) is 2.78. The van der Waals surface area contributed by atoms with Gasteiger partial charge in [-0.1, -0.05) is 0 Å². The van der Waals surface area contributed by atoms with Crippen LogP contribution in [-0.4, -0.2) is 42.3 Å². The Kier molecular flexibility index (Phi) is 3.58. The monoisotopic (exact) mass is 241 g/mol. The lowest BCUT2D eigenvalue weighted by atomic mass is 10.2. The highest BCUT2D eigenvalue weighted by atomic mass is 32.1. The summed E-state index contributed by atoms with van der Waals surface area (Å²) >= 11 is 1.29. The van der Waals surface area contributed by atoms with Gasteiger partial charge in [-0.2, -0.15) is 0 Å². The third-order valence-corrected chi connectivity index (χ3v) is 3.84. The minimum Gasteiger partial charge on any atom is -0.477 e. The van der Waals surface area contributed by atoms with Crippen molar-refractivity contribution in [3.05, 3.63) is 21.9 Å². The zero-order valence-electron chi connectivity index (χ0n) is 9.18. The van der Waals surface area contributed by atoms with Crippen LogP contribution in [0.4, 0.5) is 0 Å². The summed E-state index contributed by atoms with van der Waals surface area (Å²) in [6, 6.07) is 1.90. The first kappa shape index (κ1) is 11.6. The Hall–Kier alpha value is -0.910. The van der Waals surface area contributed by atoms with Gasteiger partial charge in [-0.3, -0.25) is 4.90 Å². The molecule has 0 aliphatic carbocycles. The number of thiophene rings is 1. The minimum absolute atomic E-state index is 0.298. The number of ether oxygens (including phenoxy) is 1. The Morgan fingerprint density at radius 1 is 1.75 bits per heavy atom. The van der Waals surface area contributed by atoms with Crippen LogP contribution in [0.25, 0.3) is 0 Å². The molecule has 5 heteroatoms. The third-order valence-electron chi connectivity index (χ3n) is 2.90. The molecule has 0 saturated carbocycles. The number of aromatic carboxylic acids is 1. The number of nitrogens with zero attached hydrogens (tertiary/aromatic N) is 1. The highest BCUT2D eigenvalue weighted by Crippen LogP contribution is 2.21. The predicted octanol–water partition coefficient (Wildman–Crippen LogP) is 1.67. The van der Waals surface area contributed by atoms with Crippen LogP contribution in [0.5, 0.6) is 0 Å². The Morgan fingerprint density at radius 3 is 3.19 bits per heavy atom. The standard InChI is InChI=1S/C11H15NO3S/c1-15-9-2-4-12(7-9)6-8-3-5-16-10(8)11(13)14/h3,5,9H,2,4,6-7H2,1H3,(H,13,14). The van der Waals surface area contributed by atoms with Crippen molar-refractivity contribution in [3.63, 3.8) is 0 Å². The molecule has 0 spiro atoms. The summed E-state index contributed by atoms with van der Waals surface area (Å²) in [6.07, 6.45) is 1.33. The molecule has 1 aromatic rings. The van der Waals surface area contributed by atoms with Gasteiger partial charge in [-0.25, -0.2) is 4.79 Å². The van der Waals surface area contributed by atoms with Gasteiger partial charge >= 0.3 is 5.97 Å². The van der Waals surface area contributed by atoms with Crippen LogP contribution in [0.15, 0.2) is 11.4 Å². The van der Waals surface area contributed by atoms with Gasteiger partial charge in [0, 0.05) is 26.7 Å². The molecule has 0 aromatic carbocycles. The Balaban J connectivity index is 1.99. The van der Waals surface area contributed by atoms with Gasteiger partial charge in [0.15, 0.2) is 0 Å². The van der Waals surface area contributed by atoms with Gasteiger partial charge in [-0.05, 0) is 23.4 Å². The number of hydrogen-bond acceptors (Lipinski definition) is 4. The fraction of sp³-hybridized carbons (Fsp3) is 0.545. The predicted molar refractivity (Wildman–Crippen MR) is 62.0 cm³/mol. The first-order valence-electron chi connectivity index (χ1n) is 5.25. The molecule has 88 valence electrons. The molecular formula is C11H15NO3S.